The number of epoxide rings is 1. The molecule has 3 saturated carbocycles. The van der Waals surface area contributed by atoms with E-state index in [1.807, 2.05) is 0 Å². The number of esters is 2. The highest BCUT2D eigenvalue weighted by Gasteiger charge is 2.83. The summed E-state index contributed by atoms with van der Waals surface area (Å²) in [6, 6.07) is 0. The van der Waals surface area contributed by atoms with E-state index in [9.17, 15) is 14.4 Å². The summed E-state index contributed by atoms with van der Waals surface area (Å²) < 4.78 is 17.9. The lowest BCUT2D eigenvalue weighted by molar-refractivity contribution is -0.172. The van der Waals surface area contributed by atoms with Gasteiger partial charge >= 0.3 is 11.9 Å². The van der Waals surface area contributed by atoms with E-state index in [4.69, 9.17) is 31.1 Å². The maximum Gasteiger partial charge on any atom is 0.309 e. The molecule has 11 nitrogen and oxygen atoms in total. The van der Waals surface area contributed by atoms with Crippen LogP contribution in [-0.4, -0.2) is 73.1 Å². The van der Waals surface area contributed by atoms with E-state index in [0.717, 1.165) is 37.7 Å². The average Bonchev–Trinajstić information content (AvgIpc) is 3.35. The van der Waals surface area contributed by atoms with Gasteiger partial charge in [0.1, 0.15) is 11.2 Å². The zero-order valence-corrected chi connectivity index (χ0v) is 23.5. The van der Waals surface area contributed by atoms with Gasteiger partial charge < -0.3 is 30.6 Å². The number of carbonyl (C=O) groups excluding carboxylic acids is 3. The highest BCUT2D eigenvalue weighted by atomic mass is 16.6. The number of aliphatic imine (C=N–C) groups is 1. The molecule has 6 rings (SSSR count). The van der Waals surface area contributed by atoms with Gasteiger partial charge in [-0.25, -0.2) is 0 Å². The van der Waals surface area contributed by atoms with Crippen LogP contribution < -0.4 is 11.5 Å². The van der Waals surface area contributed by atoms with Gasteiger partial charge in [-0.15, -0.1) is 0 Å². The first-order valence-electron chi connectivity index (χ1n) is 13.8. The summed E-state index contributed by atoms with van der Waals surface area (Å²) in [4.78, 5) is 42.3. The SMILES string of the molecule is CN(C)C(=N)N=C(N)N.COC(=O)[C@@H]1CC2=CC(=O)CC[C@]2(C)[C@@]23O[C@@H]2C[C@@]2(C)[C@@H](CC[C@@]24CCC(=O)O4)[C@H]13. The lowest BCUT2D eigenvalue weighted by atomic mass is 9.43. The van der Waals surface area contributed by atoms with Crippen molar-refractivity contribution in [3.8, 4) is 0 Å². The smallest absolute Gasteiger partial charge is 0.309 e. The number of methoxy groups -OCH3 is 1. The molecule has 0 amide bonds. The monoisotopic (exact) mass is 543 g/mol. The van der Waals surface area contributed by atoms with Gasteiger partial charge in [0.15, 0.2) is 11.7 Å². The van der Waals surface area contributed by atoms with Gasteiger partial charge in [-0.3, -0.25) is 19.8 Å². The number of carbonyl (C=O) groups is 3. The minimum atomic E-state index is -0.424. The molecule has 214 valence electrons. The van der Waals surface area contributed by atoms with Crippen LogP contribution in [0.15, 0.2) is 16.6 Å². The molecule has 39 heavy (non-hydrogen) atoms. The fraction of sp³-hybridized carbons (Fsp3) is 0.750. The molecule has 6 aliphatic rings. The Morgan fingerprint density at radius 1 is 1.18 bits per heavy atom. The van der Waals surface area contributed by atoms with Gasteiger partial charge in [0.2, 0.25) is 5.96 Å². The number of nitrogens with zero attached hydrogens (tertiary/aromatic N) is 2. The maximum atomic E-state index is 13.0. The van der Waals surface area contributed by atoms with Crippen molar-refractivity contribution in [2.45, 2.75) is 82.5 Å². The third-order valence-corrected chi connectivity index (χ3v) is 10.9. The Morgan fingerprint density at radius 2 is 1.90 bits per heavy atom. The van der Waals surface area contributed by atoms with Crippen LogP contribution in [0.4, 0.5) is 0 Å². The van der Waals surface area contributed by atoms with Gasteiger partial charge in [0, 0.05) is 43.7 Å². The van der Waals surface area contributed by atoms with Crippen LogP contribution in [0.25, 0.3) is 0 Å². The van der Waals surface area contributed by atoms with E-state index in [1.54, 1.807) is 20.2 Å². The molecule has 11 heteroatoms. The Kier molecular flexibility index (Phi) is 6.40. The van der Waals surface area contributed by atoms with Crippen LogP contribution in [0, 0.1) is 34.0 Å². The minimum absolute atomic E-state index is 0.0303. The van der Waals surface area contributed by atoms with Gasteiger partial charge in [-0.2, -0.15) is 4.99 Å². The molecule has 2 saturated heterocycles. The first kappa shape index (κ1) is 27.6. The van der Waals surface area contributed by atoms with Crippen LogP contribution in [-0.2, 0) is 28.6 Å². The molecule has 8 atom stereocenters. The molecule has 0 aromatic heterocycles. The molecule has 0 unspecified atom stereocenters. The summed E-state index contributed by atoms with van der Waals surface area (Å²) in [6.45, 7) is 4.51. The molecule has 0 aromatic carbocycles. The maximum absolute atomic E-state index is 13.0. The predicted molar refractivity (Wildman–Crippen MR) is 142 cm³/mol. The number of rotatable bonds is 1. The van der Waals surface area contributed by atoms with E-state index >= 15 is 0 Å². The molecule has 5 N–H and O–H groups in total. The van der Waals surface area contributed by atoms with Crippen molar-refractivity contribution in [3.63, 3.8) is 0 Å². The highest BCUT2D eigenvalue weighted by Crippen LogP contribution is 2.78. The summed E-state index contributed by atoms with van der Waals surface area (Å²) in [6.07, 6.45) is 7.61. The molecule has 2 spiro atoms. The number of fused-ring (bicyclic) bond motifs is 4. The Hall–Kier alpha value is -2.95. The molecule has 5 fully saturated rings. The fourth-order valence-electron chi connectivity index (χ4n) is 8.91. The largest absolute Gasteiger partial charge is 0.469 e. The summed E-state index contributed by atoms with van der Waals surface area (Å²) in [5.74, 6) is -0.239. The molecule has 0 aromatic rings. The summed E-state index contributed by atoms with van der Waals surface area (Å²) in [7, 11) is 4.83. The Balaban J connectivity index is 0.000000298. The van der Waals surface area contributed by atoms with E-state index in [0.29, 0.717) is 19.3 Å². The van der Waals surface area contributed by atoms with Gasteiger partial charge in [-0.05, 0) is 50.5 Å². The van der Waals surface area contributed by atoms with Crippen molar-refractivity contribution in [2.24, 2.45) is 45.0 Å². The van der Waals surface area contributed by atoms with Crippen LogP contribution in [0.3, 0.4) is 0 Å². The number of nitrogens with two attached hydrogens (primary N) is 2. The van der Waals surface area contributed by atoms with Crippen LogP contribution in [0.1, 0.15) is 65.2 Å². The topological polar surface area (TPSA) is 174 Å². The van der Waals surface area contributed by atoms with Gasteiger partial charge in [0.05, 0.1) is 19.1 Å². The summed E-state index contributed by atoms with van der Waals surface area (Å²) in [5.41, 5.74) is 9.81. The lowest BCUT2D eigenvalue weighted by Crippen LogP contribution is -2.63. The summed E-state index contributed by atoms with van der Waals surface area (Å²) in [5, 5.41) is 7.05. The first-order chi connectivity index (χ1) is 18.2. The van der Waals surface area contributed by atoms with Crippen molar-refractivity contribution in [2.75, 3.05) is 21.2 Å². The Morgan fingerprint density at radius 3 is 2.46 bits per heavy atom. The van der Waals surface area contributed by atoms with Crippen LogP contribution in [0.5, 0.6) is 0 Å². The zero-order chi connectivity index (χ0) is 28.5. The number of nitrogens with one attached hydrogen (secondary N) is 1. The van der Waals surface area contributed by atoms with Gasteiger partial charge in [0.25, 0.3) is 0 Å². The van der Waals surface area contributed by atoms with Gasteiger partial charge in [-0.1, -0.05) is 19.4 Å². The first-order valence-corrected chi connectivity index (χ1v) is 13.8. The highest BCUT2D eigenvalue weighted by molar-refractivity contribution is 5.92. The third kappa shape index (κ3) is 3.82. The van der Waals surface area contributed by atoms with Crippen molar-refractivity contribution in [1.82, 2.24) is 4.90 Å². The molecular formula is C28H41N5O6. The number of hydrogen-bond donors (Lipinski definition) is 3. The predicted octanol–water partition coefficient (Wildman–Crippen LogP) is 1.88. The molecule has 4 aliphatic carbocycles. The van der Waals surface area contributed by atoms with Crippen molar-refractivity contribution in [1.29, 1.82) is 5.41 Å². The number of hydrogen-bond acceptors (Lipinski definition) is 7. The normalized spacial score (nSPS) is 42.8. The molecule has 2 aliphatic heterocycles. The van der Waals surface area contributed by atoms with E-state index in [-0.39, 0.29) is 64.3 Å². The van der Waals surface area contributed by atoms with Crippen molar-refractivity contribution >= 4 is 29.6 Å². The molecular weight excluding hydrogens is 502 g/mol. The Labute approximate surface area is 229 Å². The van der Waals surface area contributed by atoms with E-state index in [1.165, 1.54) is 12.0 Å². The molecule has 2 heterocycles. The fourth-order valence-corrected chi connectivity index (χ4v) is 8.91. The van der Waals surface area contributed by atoms with E-state index < -0.39 is 11.2 Å². The second kappa shape index (κ2) is 9.04. The lowest BCUT2D eigenvalue weighted by Gasteiger charge is -2.58. The third-order valence-electron chi connectivity index (χ3n) is 10.9. The number of ketones is 1. The van der Waals surface area contributed by atoms with Crippen LogP contribution >= 0.6 is 0 Å². The summed E-state index contributed by atoms with van der Waals surface area (Å²) >= 11 is 0. The molecule has 0 bridgehead atoms. The molecule has 0 radical (unpaired) electrons. The average molecular weight is 544 g/mol. The number of guanidine groups is 2. The minimum Gasteiger partial charge on any atom is -0.469 e. The second-order valence-corrected chi connectivity index (χ2v) is 12.7. The quantitative estimate of drug-likeness (QED) is 0.193. The number of ether oxygens (including phenoxy) is 3. The second-order valence-electron chi connectivity index (χ2n) is 12.7. The van der Waals surface area contributed by atoms with Crippen molar-refractivity contribution in [3.05, 3.63) is 11.6 Å². The van der Waals surface area contributed by atoms with E-state index in [2.05, 4.69) is 18.8 Å². The zero-order valence-electron chi connectivity index (χ0n) is 23.5. The van der Waals surface area contributed by atoms with Crippen molar-refractivity contribution < 1.29 is 28.6 Å². The Bertz CT molecular complexity index is 1180. The standard InChI is InChI=1S/C24H30O6.C4H11N5/c1-21-7-4-14(25)10-13(21)11-15(20(27)28-3)19-16-5-8-23(9-6-18(26)30-23)22(16,2)12-17-24(19,21)29-17;1-9(2)4(7)8-3(5)6/h10,15-17,19H,4-9,11-12H2,1-3H3;1-2H3,(H5,5,6,7,8)/t15-,16+,17-,19+,21+,22+,23-,24-;/m1./s1. The van der Waals surface area contributed by atoms with Crippen LogP contribution in [0.2, 0.25) is 0 Å².